The molecule has 4 aromatic rings. The zero-order chi connectivity index (χ0) is 24.8. The summed E-state index contributed by atoms with van der Waals surface area (Å²) in [7, 11) is -4.18. The molecular formula is C26H21N3O5S. The Kier molecular flexibility index (Phi) is 6.88. The van der Waals surface area contributed by atoms with Crippen LogP contribution in [0.3, 0.4) is 0 Å². The molecule has 0 aliphatic rings. The van der Waals surface area contributed by atoms with Crippen LogP contribution in [0.15, 0.2) is 114 Å². The largest absolute Gasteiger partial charge is 0.325 e. The van der Waals surface area contributed by atoms with Crippen LogP contribution in [-0.4, -0.2) is 25.8 Å². The van der Waals surface area contributed by atoms with Crippen molar-refractivity contribution in [2.24, 2.45) is 0 Å². The number of benzene rings is 4. The molecule has 1 N–H and O–H groups in total. The zero-order valence-corrected chi connectivity index (χ0v) is 19.3. The van der Waals surface area contributed by atoms with Crippen molar-refractivity contribution in [1.82, 2.24) is 0 Å². The summed E-state index contributed by atoms with van der Waals surface area (Å²) >= 11 is 0. The number of carbonyl (C=O) groups excluding carboxylic acids is 1. The van der Waals surface area contributed by atoms with E-state index < -0.39 is 27.4 Å². The van der Waals surface area contributed by atoms with Crippen LogP contribution < -0.4 is 9.62 Å². The van der Waals surface area contributed by atoms with Crippen molar-refractivity contribution in [2.75, 3.05) is 16.2 Å². The maximum absolute atomic E-state index is 13.4. The van der Waals surface area contributed by atoms with Crippen molar-refractivity contribution in [3.8, 4) is 11.1 Å². The Morgan fingerprint density at radius 2 is 1.40 bits per heavy atom. The van der Waals surface area contributed by atoms with E-state index in [1.165, 1.54) is 30.3 Å². The molecule has 0 bridgehead atoms. The van der Waals surface area contributed by atoms with Gasteiger partial charge in [0.2, 0.25) is 5.91 Å². The number of nitro benzene ring substituents is 1. The number of hydrogen-bond acceptors (Lipinski definition) is 5. The fourth-order valence-electron chi connectivity index (χ4n) is 3.50. The zero-order valence-electron chi connectivity index (χ0n) is 18.4. The molecule has 35 heavy (non-hydrogen) atoms. The molecule has 0 fully saturated rings. The van der Waals surface area contributed by atoms with Gasteiger partial charge in [-0.15, -0.1) is 0 Å². The SMILES string of the molecule is O=C(CN(c1cccc([N+](=O)[O-])c1)S(=O)(=O)c1ccccc1)Nc1ccc(-c2ccccc2)cc1. The highest BCUT2D eigenvalue weighted by Crippen LogP contribution is 2.27. The van der Waals surface area contributed by atoms with Crippen LogP contribution in [0.2, 0.25) is 0 Å². The van der Waals surface area contributed by atoms with Crippen molar-refractivity contribution in [1.29, 1.82) is 0 Å². The summed E-state index contributed by atoms with van der Waals surface area (Å²) in [5.41, 5.74) is 2.21. The van der Waals surface area contributed by atoms with E-state index in [2.05, 4.69) is 5.32 Å². The Morgan fingerprint density at radius 1 is 0.800 bits per heavy atom. The molecule has 4 aromatic carbocycles. The number of non-ortho nitro benzene ring substituents is 1. The predicted molar refractivity (Wildman–Crippen MR) is 135 cm³/mol. The molecule has 0 heterocycles. The molecule has 0 aromatic heterocycles. The number of hydrogen-bond donors (Lipinski definition) is 1. The second-order valence-electron chi connectivity index (χ2n) is 7.59. The van der Waals surface area contributed by atoms with E-state index in [-0.39, 0.29) is 16.3 Å². The maximum Gasteiger partial charge on any atom is 0.271 e. The maximum atomic E-state index is 13.4. The number of sulfonamides is 1. The van der Waals surface area contributed by atoms with Crippen LogP contribution in [0.25, 0.3) is 11.1 Å². The minimum atomic E-state index is -4.18. The van der Waals surface area contributed by atoms with Gasteiger partial charge in [0.1, 0.15) is 6.54 Å². The summed E-state index contributed by atoms with van der Waals surface area (Å²) in [4.78, 5) is 23.5. The molecule has 0 aliphatic carbocycles. The number of amides is 1. The Balaban J connectivity index is 1.60. The number of nitrogens with zero attached hydrogens (tertiary/aromatic N) is 2. The van der Waals surface area contributed by atoms with Gasteiger partial charge >= 0.3 is 0 Å². The van der Waals surface area contributed by atoms with Gasteiger partial charge in [-0.1, -0.05) is 66.7 Å². The highest BCUT2D eigenvalue weighted by Gasteiger charge is 2.28. The van der Waals surface area contributed by atoms with Gasteiger partial charge in [-0.05, 0) is 41.5 Å². The van der Waals surface area contributed by atoms with E-state index in [9.17, 15) is 23.3 Å². The van der Waals surface area contributed by atoms with Gasteiger partial charge in [-0.3, -0.25) is 19.2 Å². The smallest absolute Gasteiger partial charge is 0.271 e. The lowest BCUT2D eigenvalue weighted by molar-refractivity contribution is -0.384. The Hall–Kier alpha value is -4.50. The molecule has 1 amide bonds. The summed E-state index contributed by atoms with van der Waals surface area (Å²) in [6.07, 6.45) is 0. The van der Waals surface area contributed by atoms with Crippen molar-refractivity contribution < 1.29 is 18.1 Å². The van der Waals surface area contributed by atoms with Gasteiger partial charge in [0.15, 0.2) is 0 Å². The molecule has 4 rings (SSSR count). The summed E-state index contributed by atoms with van der Waals surface area (Å²) in [5, 5.41) is 13.9. The molecule has 8 nitrogen and oxygen atoms in total. The molecule has 0 atom stereocenters. The summed E-state index contributed by atoms with van der Waals surface area (Å²) in [5.74, 6) is -0.594. The third-order valence-electron chi connectivity index (χ3n) is 5.22. The molecule has 0 aliphatic heterocycles. The first-order chi connectivity index (χ1) is 16.8. The lowest BCUT2D eigenvalue weighted by Crippen LogP contribution is -2.38. The van der Waals surface area contributed by atoms with E-state index >= 15 is 0 Å². The molecule has 0 spiro atoms. The van der Waals surface area contributed by atoms with Crippen LogP contribution >= 0.6 is 0 Å². The van der Waals surface area contributed by atoms with E-state index in [1.807, 2.05) is 42.5 Å². The molecule has 0 saturated heterocycles. The predicted octanol–water partition coefficient (Wildman–Crippen LogP) is 5.10. The third-order valence-corrected chi connectivity index (χ3v) is 7.01. The first-order valence-corrected chi connectivity index (χ1v) is 12.1. The number of nitro groups is 1. The number of anilines is 2. The fraction of sp³-hybridized carbons (Fsp3) is 0.0385. The third kappa shape index (κ3) is 5.53. The molecule has 0 saturated carbocycles. The average molecular weight is 488 g/mol. The molecule has 0 radical (unpaired) electrons. The molecular weight excluding hydrogens is 466 g/mol. The Labute approximate surface area is 202 Å². The normalized spacial score (nSPS) is 11.0. The summed E-state index contributed by atoms with van der Waals surface area (Å²) in [6.45, 7) is -0.571. The van der Waals surface area contributed by atoms with Crippen LogP contribution in [0.4, 0.5) is 17.1 Å². The van der Waals surface area contributed by atoms with Crippen LogP contribution in [0.1, 0.15) is 0 Å². The van der Waals surface area contributed by atoms with E-state index in [0.29, 0.717) is 5.69 Å². The highest BCUT2D eigenvalue weighted by molar-refractivity contribution is 7.92. The number of nitrogens with one attached hydrogen (secondary N) is 1. The van der Waals surface area contributed by atoms with Gasteiger partial charge in [0, 0.05) is 17.8 Å². The van der Waals surface area contributed by atoms with Gasteiger partial charge in [0.05, 0.1) is 15.5 Å². The quantitative estimate of drug-likeness (QED) is 0.275. The average Bonchev–Trinajstić information content (AvgIpc) is 2.89. The van der Waals surface area contributed by atoms with Crippen molar-refractivity contribution in [3.63, 3.8) is 0 Å². The first kappa shape index (κ1) is 23.7. The monoisotopic (exact) mass is 487 g/mol. The molecule has 0 unspecified atom stereocenters. The lowest BCUT2D eigenvalue weighted by Gasteiger charge is -2.24. The van der Waals surface area contributed by atoms with Crippen LogP contribution in [0.5, 0.6) is 0 Å². The molecule has 176 valence electrons. The summed E-state index contributed by atoms with van der Waals surface area (Å²) < 4.78 is 27.6. The minimum Gasteiger partial charge on any atom is -0.325 e. The fourth-order valence-corrected chi connectivity index (χ4v) is 4.94. The topological polar surface area (TPSA) is 110 Å². The van der Waals surface area contributed by atoms with E-state index in [0.717, 1.165) is 21.5 Å². The second-order valence-corrected chi connectivity index (χ2v) is 9.46. The second kappa shape index (κ2) is 10.2. The van der Waals surface area contributed by atoms with E-state index in [4.69, 9.17) is 0 Å². The van der Waals surface area contributed by atoms with Crippen molar-refractivity contribution >= 4 is 33.0 Å². The highest BCUT2D eigenvalue weighted by atomic mass is 32.2. The standard InChI is InChI=1S/C26H21N3O5S/c30-26(27-22-16-14-21(15-17-22)20-8-3-1-4-9-20)19-28(23-10-7-11-24(18-23)29(31)32)35(33,34)25-12-5-2-6-13-25/h1-18H,19H2,(H,27,30). The van der Waals surface area contributed by atoms with Gasteiger partial charge in [-0.2, -0.15) is 0 Å². The van der Waals surface area contributed by atoms with E-state index in [1.54, 1.807) is 30.3 Å². The van der Waals surface area contributed by atoms with Crippen molar-refractivity contribution in [2.45, 2.75) is 4.90 Å². The van der Waals surface area contributed by atoms with Crippen LogP contribution in [-0.2, 0) is 14.8 Å². The van der Waals surface area contributed by atoms with Crippen molar-refractivity contribution in [3.05, 3.63) is 119 Å². The Morgan fingerprint density at radius 3 is 2.03 bits per heavy atom. The summed E-state index contributed by atoms with van der Waals surface area (Å²) in [6, 6.07) is 29.7. The number of rotatable bonds is 8. The van der Waals surface area contributed by atoms with Crippen LogP contribution in [0, 0.1) is 10.1 Å². The van der Waals surface area contributed by atoms with Gasteiger partial charge in [-0.25, -0.2) is 8.42 Å². The first-order valence-electron chi connectivity index (χ1n) is 10.6. The molecule has 9 heteroatoms. The van der Waals surface area contributed by atoms with Gasteiger partial charge in [0.25, 0.3) is 15.7 Å². The lowest BCUT2D eigenvalue weighted by atomic mass is 10.1. The number of carbonyl (C=O) groups is 1. The Bertz CT molecular complexity index is 1440. The minimum absolute atomic E-state index is 0.0117. The van der Waals surface area contributed by atoms with Gasteiger partial charge < -0.3 is 5.32 Å².